The van der Waals surface area contributed by atoms with Crippen molar-refractivity contribution in [3.63, 3.8) is 0 Å². The van der Waals surface area contributed by atoms with E-state index in [2.05, 4.69) is 10.3 Å². The second-order valence-electron chi connectivity index (χ2n) is 4.67. The Bertz CT molecular complexity index is 420. The molecule has 1 atom stereocenters. The van der Waals surface area contributed by atoms with Crippen LogP contribution in [0.15, 0.2) is 24.5 Å². The number of hydrogen-bond donors (Lipinski definition) is 2. The van der Waals surface area contributed by atoms with Gasteiger partial charge in [-0.05, 0) is 18.4 Å². The Morgan fingerprint density at radius 2 is 2.21 bits per heavy atom. The number of carbonyl (C=O) groups is 2. The molecule has 0 unspecified atom stereocenters. The average molecular weight is 265 g/mol. The first-order valence-electron chi connectivity index (χ1n) is 6.10. The Labute approximate surface area is 112 Å². The molecule has 0 saturated heterocycles. The monoisotopic (exact) mass is 265 g/mol. The summed E-state index contributed by atoms with van der Waals surface area (Å²) >= 11 is 0. The van der Waals surface area contributed by atoms with Crippen LogP contribution in [0.1, 0.15) is 25.8 Å². The molecular weight excluding hydrogens is 246 g/mol. The van der Waals surface area contributed by atoms with Gasteiger partial charge in [0.05, 0.1) is 0 Å². The highest BCUT2D eigenvalue weighted by Crippen LogP contribution is 2.05. The van der Waals surface area contributed by atoms with E-state index in [0.717, 1.165) is 5.56 Å². The van der Waals surface area contributed by atoms with Crippen molar-refractivity contribution < 1.29 is 14.3 Å². The molecule has 6 heteroatoms. The minimum Gasteiger partial charge on any atom is -0.445 e. The highest BCUT2D eigenvalue weighted by atomic mass is 16.5. The van der Waals surface area contributed by atoms with E-state index in [1.807, 2.05) is 13.8 Å². The first-order valence-corrected chi connectivity index (χ1v) is 6.10. The van der Waals surface area contributed by atoms with Crippen LogP contribution in [0.25, 0.3) is 0 Å². The molecule has 3 N–H and O–H groups in total. The Morgan fingerprint density at radius 3 is 2.74 bits per heavy atom. The highest BCUT2D eigenvalue weighted by molar-refractivity contribution is 5.84. The quantitative estimate of drug-likeness (QED) is 0.808. The van der Waals surface area contributed by atoms with E-state index in [1.165, 1.54) is 0 Å². The molecule has 0 aromatic carbocycles. The van der Waals surface area contributed by atoms with Crippen molar-refractivity contribution in [3.05, 3.63) is 30.1 Å². The van der Waals surface area contributed by atoms with E-state index in [1.54, 1.807) is 24.5 Å². The van der Waals surface area contributed by atoms with Gasteiger partial charge < -0.3 is 15.8 Å². The Balaban J connectivity index is 2.42. The van der Waals surface area contributed by atoms with Crippen molar-refractivity contribution in [2.24, 2.45) is 11.7 Å². The fourth-order valence-electron chi connectivity index (χ4n) is 1.53. The van der Waals surface area contributed by atoms with Crippen molar-refractivity contribution in [2.45, 2.75) is 32.9 Å². The van der Waals surface area contributed by atoms with Crippen LogP contribution in [-0.4, -0.2) is 23.0 Å². The lowest BCUT2D eigenvalue weighted by Crippen LogP contribution is -2.45. The summed E-state index contributed by atoms with van der Waals surface area (Å²) in [5, 5.41) is 2.46. The summed E-state index contributed by atoms with van der Waals surface area (Å²) in [6.07, 6.45) is 3.06. The van der Waals surface area contributed by atoms with E-state index >= 15 is 0 Å². The number of pyridine rings is 1. The van der Waals surface area contributed by atoms with Crippen molar-refractivity contribution >= 4 is 12.0 Å². The van der Waals surface area contributed by atoms with Gasteiger partial charge in [-0.25, -0.2) is 4.79 Å². The maximum absolute atomic E-state index is 11.6. The Hall–Kier alpha value is -2.11. The zero-order valence-electron chi connectivity index (χ0n) is 11.1. The van der Waals surface area contributed by atoms with Gasteiger partial charge in [0, 0.05) is 18.0 Å². The molecule has 104 valence electrons. The Morgan fingerprint density at radius 1 is 1.47 bits per heavy atom. The summed E-state index contributed by atoms with van der Waals surface area (Å²) in [7, 11) is 0. The predicted octanol–water partition coefficient (Wildman–Crippen LogP) is 1.21. The summed E-state index contributed by atoms with van der Waals surface area (Å²) in [5.74, 6) is -0.317. The maximum Gasteiger partial charge on any atom is 0.408 e. The summed E-state index contributed by atoms with van der Waals surface area (Å²) in [6, 6.07) is 2.84. The van der Waals surface area contributed by atoms with E-state index in [4.69, 9.17) is 10.5 Å². The van der Waals surface area contributed by atoms with Crippen LogP contribution in [0.3, 0.4) is 0 Å². The SMILES string of the molecule is CC(C)C[C@H](NC(=O)OCc1cccnc1)C(N)=O. The lowest BCUT2D eigenvalue weighted by molar-refractivity contribution is -0.120. The third kappa shape index (κ3) is 5.85. The lowest BCUT2D eigenvalue weighted by Gasteiger charge is -2.17. The van der Waals surface area contributed by atoms with Crippen LogP contribution < -0.4 is 11.1 Å². The van der Waals surface area contributed by atoms with Gasteiger partial charge in [0.1, 0.15) is 12.6 Å². The molecule has 1 aromatic heterocycles. The highest BCUT2D eigenvalue weighted by Gasteiger charge is 2.19. The summed E-state index contributed by atoms with van der Waals surface area (Å²) in [6.45, 7) is 3.99. The average Bonchev–Trinajstić information content (AvgIpc) is 2.36. The van der Waals surface area contributed by atoms with Crippen molar-refractivity contribution in [2.75, 3.05) is 0 Å². The summed E-state index contributed by atoms with van der Waals surface area (Å²) < 4.78 is 4.99. The number of rotatable bonds is 6. The number of hydrogen-bond acceptors (Lipinski definition) is 4. The standard InChI is InChI=1S/C13H19N3O3/c1-9(2)6-11(12(14)17)16-13(18)19-8-10-4-3-5-15-7-10/h3-5,7,9,11H,6,8H2,1-2H3,(H2,14,17)(H,16,18)/t11-/m0/s1. The zero-order valence-corrected chi connectivity index (χ0v) is 11.1. The Kier molecular flexibility index (Phi) is 5.78. The number of nitrogens with one attached hydrogen (secondary N) is 1. The van der Waals surface area contributed by atoms with Crippen molar-refractivity contribution in [1.29, 1.82) is 0 Å². The molecule has 0 saturated carbocycles. The van der Waals surface area contributed by atoms with Crippen LogP contribution in [0.2, 0.25) is 0 Å². The fraction of sp³-hybridized carbons (Fsp3) is 0.462. The summed E-state index contributed by atoms with van der Waals surface area (Å²) in [5.41, 5.74) is 6.00. The number of aromatic nitrogens is 1. The van der Waals surface area contributed by atoms with Crippen LogP contribution >= 0.6 is 0 Å². The van der Waals surface area contributed by atoms with Crippen LogP contribution in [0.5, 0.6) is 0 Å². The zero-order chi connectivity index (χ0) is 14.3. The minimum absolute atomic E-state index is 0.104. The van der Waals surface area contributed by atoms with E-state index in [9.17, 15) is 9.59 Å². The van der Waals surface area contributed by atoms with Gasteiger partial charge in [0.2, 0.25) is 5.91 Å². The molecule has 1 aromatic rings. The normalized spacial score (nSPS) is 11.9. The molecule has 1 heterocycles. The number of amides is 2. The molecule has 1 rings (SSSR count). The molecule has 0 aliphatic carbocycles. The van der Waals surface area contributed by atoms with Crippen molar-refractivity contribution in [1.82, 2.24) is 10.3 Å². The number of primary amides is 1. The summed E-state index contributed by atoms with van der Waals surface area (Å²) in [4.78, 5) is 26.6. The number of nitrogens with two attached hydrogens (primary N) is 1. The smallest absolute Gasteiger partial charge is 0.408 e. The number of nitrogens with zero attached hydrogens (tertiary/aromatic N) is 1. The van der Waals surface area contributed by atoms with Gasteiger partial charge in [0.25, 0.3) is 0 Å². The van der Waals surface area contributed by atoms with Crippen LogP contribution in [-0.2, 0) is 16.1 Å². The first kappa shape index (κ1) is 14.9. The van der Waals surface area contributed by atoms with E-state index in [-0.39, 0.29) is 12.5 Å². The molecule has 19 heavy (non-hydrogen) atoms. The minimum atomic E-state index is -0.707. The van der Waals surface area contributed by atoms with Gasteiger partial charge in [0.15, 0.2) is 0 Å². The second kappa shape index (κ2) is 7.35. The van der Waals surface area contributed by atoms with E-state index < -0.39 is 18.0 Å². The second-order valence-corrected chi connectivity index (χ2v) is 4.67. The van der Waals surface area contributed by atoms with Gasteiger partial charge in [-0.3, -0.25) is 9.78 Å². The fourth-order valence-corrected chi connectivity index (χ4v) is 1.53. The van der Waals surface area contributed by atoms with Gasteiger partial charge in [-0.15, -0.1) is 0 Å². The molecule has 0 radical (unpaired) electrons. The van der Waals surface area contributed by atoms with Crippen molar-refractivity contribution in [3.8, 4) is 0 Å². The topological polar surface area (TPSA) is 94.3 Å². The third-order valence-corrected chi connectivity index (χ3v) is 2.44. The third-order valence-electron chi connectivity index (χ3n) is 2.44. The van der Waals surface area contributed by atoms with Gasteiger partial charge >= 0.3 is 6.09 Å². The molecule has 0 fully saturated rings. The number of alkyl carbamates (subject to hydrolysis) is 1. The molecule has 2 amide bonds. The molecule has 6 nitrogen and oxygen atoms in total. The largest absolute Gasteiger partial charge is 0.445 e. The van der Waals surface area contributed by atoms with Crippen LogP contribution in [0, 0.1) is 5.92 Å². The van der Waals surface area contributed by atoms with Gasteiger partial charge in [-0.2, -0.15) is 0 Å². The maximum atomic E-state index is 11.6. The predicted molar refractivity (Wildman–Crippen MR) is 70.0 cm³/mol. The lowest BCUT2D eigenvalue weighted by atomic mass is 10.0. The molecule has 0 bridgehead atoms. The number of carbonyl (C=O) groups excluding carboxylic acids is 2. The van der Waals surface area contributed by atoms with Gasteiger partial charge in [-0.1, -0.05) is 19.9 Å². The van der Waals surface area contributed by atoms with Crippen LogP contribution in [0.4, 0.5) is 4.79 Å². The molecule has 0 aliphatic heterocycles. The molecule has 0 spiro atoms. The van der Waals surface area contributed by atoms with E-state index in [0.29, 0.717) is 6.42 Å². The number of ether oxygens (including phenoxy) is 1. The molecular formula is C13H19N3O3. The first-order chi connectivity index (χ1) is 8.99. The molecule has 0 aliphatic rings.